The molecule has 5 nitrogen and oxygen atoms in total. The van der Waals surface area contributed by atoms with Crippen LogP contribution in [-0.4, -0.2) is 42.1 Å². The third-order valence-electron chi connectivity index (χ3n) is 8.58. The number of benzene rings is 3. The molecule has 1 amide bonds. The Hall–Kier alpha value is -3.44. The Morgan fingerprint density at radius 2 is 1.39 bits per heavy atom. The fourth-order valence-electron chi connectivity index (χ4n) is 6.75. The van der Waals surface area contributed by atoms with Gasteiger partial charge in [-0.15, -0.1) is 0 Å². The van der Waals surface area contributed by atoms with Crippen LogP contribution in [0.15, 0.2) is 78.9 Å². The molecule has 0 spiro atoms. The molecule has 6 rings (SSSR count). The standard InChI is InChI=1S/C33H35NO4/c35-32(17-18-37-21-23-9-2-1-3-10-23)24-19-25-11-8-12-26(20-24)34(25)33(36)38-22-31-29-15-6-4-13-27(29)28-14-5-7-16-30(28)31/h1-7,9-10,13-16,24-26,31H,8,11-12,17-22H2. The monoisotopic (exact) mass is 509 g/mol. The largest absolute Gasteiger partial charge is 0.448 e. The van der Waals surface area contributed by atoms with Gasteiger partial charge in [-0.2, -0.15) is 0 Å². The molecule has 5 heteroatoms. The summed E-state index contributed by atoms with van der Waals surface area (Å²) in [6.07, 6.45) is 4.66. The second-order valence-electron chi connectivity index (χ2n) is 10.9. The zero-order valence-electron chi connectivity index (χ0n) is 21.8. The van der Waals surface area contributed by atoms with Crippen LogP contribution in [0.2, 0.25) is 0 Å². The molecule has 3 aliphatic rings. The zero-order valence-corrected chi connectivity index (χ0v) is 21.8. The number of nitrogens with zero attached hydrogens (tertiary/aromatic N) is 1. The van der Waals surface area contributed by atoms with Gasteiger partial charge in [-0.25, -0.2) is 4.79 Å². The van der Waals surface area contributed by atoms with Crippen molar-refractivity contribution in [2.24, 2.45) is 5.92 Å². The Morgan fingerprint density at radius 3 is 2.05 bits per heavy atom. The highest BCUT2D eigenvalue weighted by atomic mass is 16.6. The number of hydrogen-bond acceptors (Lipinski definition) is 4. The molecule has 38 heavy (non-hydrogen) atoms. The summed E-state index contributed by atoms with van der Waals surface area (Å²) in [5.74, 6) is 0.326. The lowest BCUT2D eigenvalue weighted by Crippen LogP contribution is -2.56. The summed E-state index contributed by atoms with van der Waals surface area (Å²) in [5.41, 5.74) is 6.02. The number of rotatable bonds is 8. The topological polar surface area (TPSA) is 55.8 Å². The van der Waals surface area contributed by atoms with Crippen LogP contribution in [0, 0.1) is 5.92 Å². The van der Waals surface area contributed by atoms with Crippen LogP contribution in [0.4, 0.5) is 4.79 Å². The lowest BCUT2D eigenvalue weighted by Gasteiger charge is -2.47. The van der Waals surface area contributed by atoms with Crippen LogP contribution >= 0.6 is 0 Å². The van der Waals surface area contributed by atoms with E-state index in [4.69, 9.17) is 9.47 Å². The lowest BCUT2D eigenvalue weighted by molar-refractivity contribution is -0.127. The van der Waals surface area contributed by atoms with Gasteiger partial charge >= 0.3 is 6.09 Å². The molecule has 2 atom stereocenters. The average molecular weight is 510 g/mol. The summed E-state index contributed by atoms with van der Waals surface area (Å²) in [5, 5.41) is 0. The maximum absolute atomic E-state index is 13.4. The van der Waals surface area contributed by atoms with Gasteiger partial charge in [-0.1, -0.05) is 78.9 Å². The molecule has 2 aliphatic heterocycles. The molecule has 2 unspecified atom stereocenters. The predicted molar refractivity (Wildman–Crippen MR) is 147 cm³/mol. The van der Waals surface area contributed by atoms with E-state index in [0.29, 0.717) is 26.2 Å². The van der Waals surface area contributed by atoms with Gasteiger partial charge in [-0.3, -0.25) is 4.79 Å². The smallest absolute Gasteiger partial charge is 0.410 e. The quantitative estimate of drug-likeness (QED) is 0.315. The van der Waals surface area contributed by atoms with Crippen molar-refractivity contribution in [2.45, 2.75) is 63.1 Å². The van der Waals surface area contributed by atoms with Crippen molar-refractivity contribution < 1.29 is 19.1 Å². The van der Waals surface area contributed by atoms with Crippen molar-refractivity contribution in [3.8, 4) is 11.1 Å². The Labute approximate surface area is 224 Å². The minimum atomic E-state index is -0.223. The second kappa shape index (κ2) is 11.1. The van der Waals surface area contributed by atoms with Crippen LogP contribution in [0.3, 0.4) is 0 Å². The molecule has 3 aromatic rings. The molecule has 3 aromatic carbocycles. The third-order valence-corrected chi connectivity index (χ3v) is 8.58. The zero-order chi connectivity index (χ0) is 25.9. The number of ether oxygens (including phenoxy) is 2. The molecule has 0 aromatic heterocycles. The summed E-state index contributed by atoms with van der Waals surface area (Å²) >= 11 is 0. The predicted octanol–water partition coefficient (Wildman–Crippen LogP) is 6.74. The fraction of sp³-hybridized carbons (Fsp3) is 0.394. The summed E-state index contributed by atoms with van der Waals surface area (Å²) in [6.45, 7) is 1.30. The molecule has 2 heterocycles. The average Bonchev–Trinajstić information content (AvgIpc) is 3.27. The molecular weight excluding hydrogens is 474 g/mol. The molecule has 0 N–H and O–H groups in total. The van der Waals surface area contributed by atoms with Crippen molar-refractivity contribution in [3.63, 3.8) is 0 Å². The van der Waals surface area contributed by atoms with Crippen molar-refractivity contribution in [1.82, 2.24) is 4.90 Å². The first-order valence-electron chi connectivity index (χ1n) is 14.0. The summed E-state index contributed by atoms with van der Waals surface area (Å²) in [6, 6.07) is 27.0. The molecule has 0 radical (unpaired) electrons. The van der Waals surface area contributed by atoms with Crippen LogP contribution in [0.5, 0.6) is 0 Å². The number of hydrogen-bond donors (Lipinski definition) is 0. The van der Waals surface area contributed by atoms with Crippen molar-refractivity contribution in [1.29, 1.82) is 0 Å². The molecule has 1 aliphatic carbocycles. The van der Waals surface area contributed by atoms with Crippen LogP contribution in [0.25, 0.3) is 11.1 Å². The highest BCUT2D eigenvalue weighted by Crippen LogP contribution is 2.45. The number of carbonyl (C=O) groups is 2. The summed E-state index contributed by atoms with van der Waals surface area (Å²) in [7, 11) is 0. The van der Waals surface area contributed by atoms with E-state index >= 15 is 0 Å². The first kappa shape index (κ1) is 24.9. The SMILES string of the molecule is O=C(CCOCc1ccccc1)C1CC2CCCC(C1)N2C(=O)OCC1c2ccccc2-c2ccccc21. The number of Topliss-reactive ketones (excluding diaryl/α,β-unsaturated/α-hetero) is 1. The maximum Gasteiger partial charge on any atom is 0.410 e. The Bertz CT molecular complexity index is 1230. The number of amides is 1. The van der Waals surface area contributed by atoms with Crippen LogP contribution < -0.4 is 0 Å². The number of piperidine rings is 2. The van der Waals surface area contributed by atoms with Gasteiger partial charge in [0.2, 0.25) is 0 Å². The molecule has 196 valence electrons. The van der Waals surface area contributed by atoms with E-state index in [-0.39, 0.29) is 35.8 Å². The van der Waals surface area contributed by atoms with E-state index in [0.717, 1.165) is 37.7 Å². The summed E-state index contributed by atoms with van der Waals surface area (Å²) in [4.78, 5) is 28.4. The van der Waals surface area contributed by atoms with Crippen molar-refractivity contribution >= 4 is 11.9 Å². The molecule has 2 saturated heterocycles. The van der Waals surface area contributed by atoms with E-state index in [9.17, 15) is 9.59 Å². The molecule has 2 bridgehead atoms. The maximum atomic E-state index is 13.4. The van der Waals surface area contributed by atoms with Crippen molar-refractivity contribution in [3.05, 3.63) is 95.6 Å². The first-order chi connectivity index (χ1) is 18.7. The minimum Gasteiger partial charge on any atom is -0.448 e. The van der Waals surface area contributed by atoms with E-state index < -0.39 is 0 Å². The Morgan fingerprint density at radius 1 is 0.789 bits per heavy atom. The second-order valence-corrected chi connectivity index (χ2v) is 10.9. The van der Waals surface area contributed by atoms with Gasteiger partial charge in [0.05, 0.1) is 13.2 Å². The highest BCUT2D eigenvalue weighted by molar-refractivity contribution is 5.82. The van der Waals surface area contributed by atoms with Crippen LogP contribution in [0.1, 0.15) is 61.1 Å². The van der Waals surface area contributed by atoms with Gasteiger partial charge < -0.3 is 14.4 Å². The van der Waals surface area contributed by atoms with Gasteiger partial charge in [0.25, 0.3) is 0 Å². The number of fused-ring (bicyclic) bond motifs is 5. The fourth-order valence-corrected chi connectivity index (χ4v) is 6.75. The van der Waals surface area contributed by atoms with Crippen molar-refractivity contribution in [2.75, 3.05) is 13.2 Å². The van der Waals surface area contributed by atoms with E-state index in [1.807, 2.05) is 35.2 Å². The van der Waals surface area contributed by atoms with Crippen LogP contribution in [-0.2, 0) is 20.9 Å². The lowest BCUT2D eigenvalue weighted by atomic mass is 9.76. The number of ketones is 1. The number of carbonyl (C=O) groups excluding carboxylic acids is 2. The van der Waals surface area contributed by atoms with Gasteiger partial charge in [0, 0.05) is 30.3 Å². The Kier molecular flexibility index (Phi) is 7.28. The Balaban J connectivity index is 1.04. The first-order valence-corrected chi connectivity index (χ1v) is 14.0. The highest BCUT2D eigenvalue weighted by Gasteiger charge is 2.43. The van der Waals surface area contributed by atoms with E-state index in [1.165, 1.54) is 22.3 Å². The minimum absolute atomic E-state index is 0.00302. The third kappa shape index (κ3) is 5.00. The van der Waals surface area contributed by atoms with E-state index in [2.05, 4.69) is 48.5 Å². The molecule has 0 saturated carbocycles. The normalized spacial score (nSPS) is 22.0. The molecule has 2 fully saturated rings. The van der Waals surface area contributed by atoms with Gasteiger partial charge in [0.1, 0.15) is 12.4 Å². The van der Waals surface area contributed by atoms with E-state index in [1.54, 1.807) is 0 Å². The summed E-state index contributed by atoms with van der Waals surface area (Å²) < 4.78 is 11.8. The molecular formula is C33H35NO4. The van der Waals surface area contributed by atoms with Gasteiger partial charge in [-0.05, 0) is 59.9 Å². The van der Waals surface area contributed by atoms with Gasteiger partial charge in [0.15, 0.2) is 0 Å².